The summed E-state index contributed by atoms with van der Waals surface area (Å²) in [7, 11) is 0. The van der Waals surface area contributed by atoms with Crippen molar-refractivity contribution < 1.29 is 13.9 Å². The van der Waals surface area contributed by atoms with Crippen LogP contribution in [0.5, 0.6) is 0 Å². The Morgan fingerprint density at radius 2 is 2.06 bits per heavy atom. The molecule has 2 aromatic rings. The third kappa shape index (κ3) is 3.51. The molecule has 3 aliphatic rings. The molecule has 1 fully saturated rings. The molecule has 1 amide bonds. The van der Waals surface area contributed by atoms with Gasteiger partial charge in [-0.1, -0.05) is 6.92 Å². The van der Waals surface area contributed by atoms with E-state index in [9.17, 15) is 9.18 Å². The zero-order chi connectivity index (χ0) is 22.7. The Balaban J connectivity index is 1.54. The van der Waals surface area contributed by atoms with E-state index in [1.807, 2.05) is 26.8 Å². The Hall–Kier alpha value is -2.70. The predicted molar refractivity (Wildman–Crippen MR) is 121 cm³/mol. The zero-order valence-corrected chi connectivity index (χ0v) is 19.3. The fraction of sp³-hybridized carbons (Fsp3) is 0.560. The molecular formula is C25H31FN4O2. The zero-order valence-electron chi connectivity index (χ0n) is 19.3. The number of rotatable bonds is 1. The highest BCUT2D eigenvalue weighted by Gasteiger charge is 2.48. The van der Waals surface area contributed by atoms with Crippen molar-refractivity contribution in [1.29, 1.82) is 0 Å². The van der Waals surface area contributed by atoms with Crippen molar-refractivity contribution >= 4 is 17.6 Å². The summed E-state index contributed by atoms with van der Waals surface area (Å²) in [6.45, 7) is 9.69. The summed E-state index contributed by atoms with van der Waals surface area (Å²) < 4.78 is 20.1. The first-order valence-corrected chi connectivity index (χ1v) is 11.6. The van der Waals surface area contributed by atoms with E-state index in [-0.39, 0.29) is 17.3 Å². The average molecular weight is 439 g/mol. The van der Waals surface area contributed by atoms with Gasteiger partial charge in [0.25, 0.3) is 0 Å². The molecule has 0 saturated carbocycles. The number of hydrogen-bond acceptors (Lipinski definition) is 5. The van der Waals surface area contributed by atoms with E-state index in [4.69, 9.17) is 9.72 Å². The second kappa shape index (κ2) is 7.42. The quantitative estimate of drug-likeness (QED) is 0.621. The average Bonchev–Trinajstić information content (AvgIpc) is 3.25. The smallest absolute Gasteiger partial charge is 0.410 e. The first-order chi connectivity index (χ1) is 15.2. The number of ether oxygens (including phenoxy) is 1. The van der Waals surface area contributed by atoms with Crippen molar-refractivity contribution in [2.75, 3.05) is 24.5 Å². The molecule has 1 spiro atoms. The van der Waals surface area contributed by atoms with E-state index >= 15 is 0 Å². The maximum Gasteiger partial charge on any atom is 0.410 e. The van der Waals surface area contributed by atoms with Gasteiger partial charge in [-0.2, -0.15) is 0 Å². The highest BCUT2D eigenvalue weighted by atomic mass is 19.1. The minimum absolute atomic E-state index is 0.249. The molecular weight excluding hydrogens is 407 g/mol. The highest BCUT2D eigenvalue weighted by Crippen LogP contribution is 2.50. The number of likely N-dealkylation sites (tertiary alicyclic amines) is 1. The van der Waals surface area contributed by atoms with Gasteiger partial charge in [-0.25, -0.2) is 19.2 Å². The number of anilines is 2. The second-order valence-corrected chi connectivity index (χ2v) is 10.5. The van der Waals surface area contributed by atoms with Gasteiger partial charge in [0, 0.05) is 42.0 Å². The lowest BCUT2D eigenvalue weighted by molar-refractivity contribution is 0.0145. The van der Waals surface area contributed by atoms with Crippen LogP contribution in [0, 0.1) is 5.82 Å². The van der Waals surface area contributed by atoms with Crippen LogP contribution in [0.3, 0.4) is 0 Å². The van der Waals surface area contributed by atoms with Crippen LogP contribution in [-0.4, -0.2) is 46.2 Å². The van der Waals surface area contributed by atoms with Crippen LogP contribution in [0.25, 0.3) is 0 Å². The first kappa shape index (κ1) is 21.2. The van der Waals surface area contributed by atoms with Gasteiger partial charge in [0.05, 0.1) is 0 Å². The van der Waals surface area contributed by atoms with E-state index in [0.717, 1.165) is 48.4 Å². The summed E-state index contributed by atoms with van der Waals surface area (Å²) in [5, 5.41) is 0. The van der Waals surface area contributed by atoms with Crippen molar-refractivity contribution in [3.8, 4) is 0 Å². The van der Waals surface area contributed by atoms with Crippen molar-refractivity contribution in [2.45, 2.75) is 70.3 Å². The van der Waals surface area contributed by atoms with Crippen LogP contribution in [0.2, 0.25) is 0 Å². The Morgan fingerprint density at radius 3 is 2.84 bits per heavy atom. The molecule has 1 aromatic carbocycles. The molecule has 0 radical (unpaired) electrons. The Labute approximate surface area is 188 Å². The third-order valence-corrected chi connectivity index (χ3v) is 7.02. The van der Waals surface area contributed by atoms with Crippen LogP contribution in [0.1, 0.15) is 69.7 Å². The minimum Gasteiger partial charge on any atom is -0.444 e. The van der Waals surface area contributed by atoms with Gasteiger partial charge in [0.2, 0.25) is 0 Å². The van der Waals surface area contributed by atoms with Gasteiger partial charge in [0.1, 0.15) is 23.6 Å². The fourth-order valence-corrected chi connectivity index (χ4v) is 5.63. The Morgan fingerprint density at radius 1 is 1.25 bits per heavy atom. The molecule has 0 N–H and O–H groups in total. The summed E-state index contributed by atoms with van der Waals surface area (Å²) >= 11 is 0. The molecule has 6 nitrogen and oxygen atoms in total. The molecule has 7 heteroatoms. The Kier molecular flexibility index (Phi) is 4.91. The molecule has 170 valence electrons. The lowest BCUT2D eigenvalue weighted by Gasteiger charge is -2.41. The lowest BCUT2D eigenvalue weighted by atomic mass is 9.75. The molecule has 2 unspecified atom stereocenters. The number of carbonyl (C=O) groups excluding carboxylic acids is 1. The standard InChI is InChI=1S/C25H31FN4O2/c1-16-6-8-19-21(16)22(28-15-27-19)30-14-25(18-12-17(26)7-9-20(18)30)10-5-11-29(13-25)23(31)32-24(2,3)4/h7,9,12,15-16H,5-6,8,10-11,13-14H2,1-4H3. The van der Waals surface area contributed by atoms with Crippen LogP contribution in [0.15, 0.2) is 24.5 Å². The summed E-state index contributed by atoms with van der Waals surface area (Å²) in [5.74, 6) is 1.08. The summed E-state index contributed by atoms with van der Waals surface area (Å²) in [5.41, 5.74) is 3.36. The number of piperidine rings is 1. The number of benzene rings is 1. The maximum atomic E-state index is 14.4. The number of aromatic nitrogens is 2. The number of amides is 1. The van der Waals surface area contributed by atoms with Gasteiger partial charge in [-0.3, -0.25) is 0 Å². The molecule has 32 heavy (non-hydrogen) atoms. The summed E-state index contributed by atoms with van der Waals surface area (Å²) in [6, 6.07) is 5.03. The second-order valence-electron chi connectivity index (χ2n) is 10.5. The number of fused-ring (bicyclic) bond motifs is 3. The predicted octanol–water partition coefficient (Wildman–Crippen LogP) is 5.09. The molecule has 2 aliphatic heterocycles. The van der Waals surface area contributed by atoms with Gasteiger partial charge >= 0.3 is 6.09 Å². The normalized spacial score (nSPS) is 24.6. The monoisotopic (exact) mass is 438 g/mol. The van der Waals surface area contributed by atoms with Gasteiger partial charge < -0.3 is 14.5 Å². The van der Waals surface area contributed by atoms with Gasteiger partial charge in [-0.05, 0) is 76.1 Å². The van der Waals surface area contributed by atoms with E-state index in [1.165, 1.54) is 11.6 Å². The number of carbonyl (C=O) groups is 1. The fourth-order valence-electron chi connectivity index (χ4n) is 5.63. The van der Waals surface area contributed by atoms with Crippen molar-refractivity contribution in [1.82, 2.24) is 14.9 Å². The number of nitrogens with zero attached hydrogens (tertiary/aromatic N) is 4. The SMILES string of the molecule is CC1CCc2ncnc(N3CC4(CCCN(C(=O)OC(C)(C)C)C4)c4cc(F)ccc43)c21. The summed E-state index contributed by atoms with van der Waals surface area (Å²) in [6.07, 6.45) is 5.12. The molecule has 5 rings (SSSR count). The van der Waals surface area contributed by atoms with E-state index in [1.54, 1.807) is 17.3 Å². The van der Waals surface area contributed by atoms with Crippen molar-refractivity contribution in [3.05, 3.63) is 47.2 Å². The van der Waals surface area contributed by atoms with Crippen LogP contribution >= 0.6 is 0 Å². The maximum absolute atomic E-state index is 14.4. The molecule has 1 saturated heterocycles. The first-order valence-electron chi connectivity index (χ1n) is 11.6. The van der Waals surface area contributed by atoms with Crippen LogP contribution in [0.4, 0.5) is 20.7 Å². The third-order valence-electron chi connectivity index (χ3n) is 7.02. The van der Waals surface area contributed by atoms with Crippen LogP contribution in [-0.2, 0) is 16.6 Å². The van der Waals surface area contributed by atoms with Crippen molar-refractivity contribution in [3.63, 3.8) is 0 Å². The van der Waals surface area contributed by atoms with Crippen LogP contribution < -0.4 is 4.90 Å². The topological polar surface area (TPSA) is 58.6 Å². The van der Waals surface area contributed by atoms with E-state index in [2.05, 4.69) is 16.8 Å². The molecule has 1 aromatic heterocycles. The van der Waals surface area contributed by atoms with Crippen molar-refractivity contribution in [2.24, 2.45) is 0 Å². The minimum atomic E-state index is -0.551. The number of halogens is 1. The largest absolute Gasteiger partial charge is 0.444 e. The number of aryl methyl sites for hydroxylation is 1. The Bertz CT molecular complexity index is 1070. The molecule has 3 heterocycles. The summed E-state index contributed by atoms with van der Waals surface area (Å²) in [4.78, 5) is 26.1. The van der Waals surface area contributed by atoms with E-state index in [0.29, 0.717) is 25.6 Å². The van der Waals surface area contributed by atoms with E-state index < -0.39 is 5.60 Å². The van der Waals surface area contributed by atoms with Gasteiger partial charge in [0.15, 0.2) is 0 Å². The number of hydrogen-bond donors (Lipinski definition) is 0. The highest BCUT2D eigenvalue weighted by molar-refractivity contribution is 5.75. The van der Waals surface area contributed by atoms with Gasteiger partial charge in [-0.15, -0.1) is 0 Å². The molecule has 1 aliphatic carbocycles. The molecule has 0 bridgehead atoms. The lowest BCUT2D eigenvalue weighted by Crippen LogP contribution is -2.51. The molecule has 2 atom stereocenters.